The Morgan fingerprint density at radius 1 is 1.69 bits per heavy atom. The summed E-state index contributed by atoms with van der Waals surface area (Å²) in [5.74, 6) is 1.21. The molecule has 5 heteroatoms. The van der Waals surface area contributed by atoms with E-state index < -0.39 is 5.97 Å². The fraction of sp³-hybridized carbons (Fsp3) is 0.545. The second-order valence-corrected chi connectivity index (χ2v) is 4.59. The molecule has 2 rings (SSSR count). The topological polar surface area (TPSA) is 52.1 Å². The number of rotatable bonds is 3. The van der Waals surface area contributed by atoms with Gasteiger partial charge in [0.2, 0.25) is 0 Å². The monoisotopic (exact) mass is 240 g/mol. The van der Waals surface area contributed by atoms with Gasteiger partial charge in [0.25, 0.3) is 0 Å². The van der Waals surface area contributed by atoms with Crippen molar-refractivity contribution in [2.24, 2.45) is 11.8 Å². The number of aryl methyl sites for hydroxylation is 1. The van der Waals surface area contributed by atoms with Gasteiger partial charge in [0, 0.05) is 0 Å². The van der Waals surface area contributed by atoms with E-state index in [2.05, 4.69) is 16.9 Å². The van der Waals surface area contributed by atoms with Gasteiger partial charge >= 0.3 is 5.97 Å². The maximum absolute atomic E-state index is 11.7. The van der Waals surface area contributed by atoms with E-state index in [1.807, 2.05) is 0 Å². The van der Waals surface area contributed by atoms with Crippen molar-refractivity contribution < 1.29 is 9.53 Å². The van der Waals surface area contributed by atoms with Crippen LogP contribution in [0.15, 0.2) is 6.20 Å². The van der Waals surface area contributed by atoms with E-state index in [0.29, 0.717) is 24.3 Å². The van der Waals surface area contributed by atoms with Crippen molar-refractivity contribution in [3.8, 4) is 0 Å². The van der Waals surface area contributed by atoms with Gasteiger partial charge in [-0.2, -0.15) is 0 Å². The van der Waals surface area contributed by atoms with E-state index >= 15 is 0 Å². The highest BCUT2D eigenvalue weighted by Crippen LogP contribution is 2.37. The number of nitrogens with zero attached hydrogens (tertiary/aromatic N) is 2. The average molecular weight is 241 g/mol. The first-order chi connectivity index (χ1) is 7.58. The van der Waals surface area contributed by atoms with Crippen molar-refractivity contribution in [2.45, 2.75) is 20.3 Å². The molecule has 0 spiro atoms. The molecule has 4 nitrogen and oxygen atoms in total. The minimum absolute atomic E-state index is 0.155. The third-order valence-corrected chi connectivity index (χ3v) is 3.04. The minimum atomic E-state index is -0.463. The lowest BCUT2D eigenvalue weighted by Gasteiger charge is -2.05. The fourth-order valence-corrected chi connectivity index (χ4v) is 1.65. The number of aromatic nitrogens is 2. The second kappa shape index (κ2) is 4.37. The highest BCUT2D eigenvalue weighted by molar-refractivity contribution is 6.33. The molecule has 1 aliphatic rings. The normalized spacial score (nSPS) is 22.9. The van der Waals surface area contributed by atoms with Crippen LogP contribution in [-0.4, -0.2) is 22.5 Å². The number of hydrogen-bond acceptors (Lipinski definition) is 4. The van der Waals surface area contributed by atoms with Crippen LogP contribution in [0.5, 0.6) is 0 Å². The van der Waals surface area contributed by atoms with E-state index in [0.717, 1.165) is 6.42 Å². The number of carbonyl (C=O) groups is 1. The lowest BCUT2D eigenvalue weighted by molar-refractivity contribution is 0.0474. The van der Waals surface area contributed by atoms with Crippen LogP contribution in [0.4, 0.5) is 0 Å². The number of esters is 1. The predicted molar refractivity (Wildman–Crippen MR) is 59.3 cm³/mol. The molecule has 0 amide bonds. The lowest BCUT2D eigenvalue weighted by atomic mass is 10.3. The molecule has 86 valence electrons. The first kappa shape index (κ1) is 11.3. The fourth-order valence-electron chi connectivity index (χ4n) is 1.48. The molecule has 2 atom stereocenters. The summed E-state index contributed by atoms with van der Waals surface area (Å²) in [5, 5.41) is 0.236. The van der Waals surface area contributed by atoms with Gasteiger partial charge in [-0.1, -0.05) is 18.5 Å². The molecule has 0 bridgehead atoms. The summed E-state index contributed by atoms with van der Waals surface area (Å²) >= 11 is 5.82. The van der Waals surface area contributed by atoms with Crippen LogP contribution in [0, 0.1) is 18.8 Å². The van der Waals surface area contributed by atoms with Gasteiger partial charge in [0.1, 0.15) is 5.82 Å². The molecule has 1 aromatic heterocycles. The first-order valence-corrected chi connectivity index (χ1v) is 5.62. The second-order valence-electron chi connectivity index (χ2n) is 4.19. The zero-order chi connectivity index (χ0) is 11.7. The molecule has 1 aliphatic carbocycles. The third kappa shape index (κ3) is 2.50. The molecule has 1 aromatic rings. The zero-order valence-electron chi connectivity index (χ0n) is 9.24. The highest BCUT2D eigenvalue weighted by atomic mass is 35.5. The van der Waals surface area contributed by atoms with Crippen LogP contribution < -0.4 is 0 Å². The molecule has 0 saturated heterocycles. The molecule has 1 saturated carbocycles. The van der Waals surface area contributed by atoms with Crippen LogP contribution in [-0.2, 0) is 4.74 Å². The quantitative estimate of drug-likeness (QED) is 0.761. The summed E-state index contributed by atoms with van der Waals surface area (Å²) in [5.41, 5.74) is 0.155. The van der Waals surface area contributed by atoms with E-state index in [1.54, 1.807) is 6.92 Å². The molecule has 16 heavy (non-hydrogen) atoms. The Kier molecular flexibility index (Phi) is 3.10. The SMILES string of the molecule is Cc1ncc(Cl)c(C(=O)OC[C@@H]2C[C@H]2C)n1. The Morgan fingerprint density at radius 2 is 2.38 bits per heavy atom. The van der Waals surface area contributed by atoms with Crippen LogP contribution in [0.1, 0.15) is 29.7 Å². The van der Waals surface area contributed by atoms with E-state index in [-0.39, 0.29) is 10.7 Å². The number of hydrogen-bond donors (Lipinski definition) is 0. The molecular formula is C11H13ClN2O2. The number of halogens is 1. The van der Waals surface area contributed by atoms with Crippen LogP contribution in [0.3, 0.4) is 0 Å². The molecule has 1 heterocycles. The van der Waals surface area contributed by atoms with Crippen molar-refractivity contribution in [1.82, 2.24) is 9.97 Å². The summed E-state index contributed by atoms with van der Waals surface area (Å²) in [4.78, 5) is 19.5. The van der Waals surface area contributed by atoms with Crippen molar-refractivity contribution in [1.29, 1.82) is 0 Å². The summed E-state index contributed by atoms with van der Waals surface area (Å²) in [6, 6.07) is 0. The van der Waals surface area contributed by atoms with Gasteiger partial charge in [-0.25, -0.2) is 14.8 Å². The predicted octanol–water partition coefficient (Wildman–Crippen LogP) is 2.25. The van der Waals surface area contributed by atoms with Crippen LogP contribution in [0.2, 0.25) is 5.02 Å². The van der Waals surface area contributed by atoms with Crippen molar-refractivity contribution in [3.05, 3.63) is 22.7 Å². The van der Waals surface area contributed by atoms with Gasteiger partial charge in [0.05, 0.1) is 17.8 Å². The van der Waals surface area contributed by atoms with Crippen LogP contribution >= 0.6 is 11.6 Å². The largest absolute Gasteiger partial charge is 0.461 e. The van der Waals surface area contributed by atoms with E-state index in [9.17, 15) is 4.79 Å². The Hall–Kier alpha value is -1.16. The summed E-state index contributed by atoms with van der Waals surface area (Å²) < 4.78 is 5.14. The smallest absolute Gasteiger partial charge is 0.358 e. The standard InChI is InChI=1S/C11H13ClN2O2/c1-6-3-8(6)5-16-11(15)10-9(12)4-13-7(2)14-10/h4,6,8H,3,5H2,1-2H3/t6-,8+/m1/s1. The average Bonchev–Trinajstić information content (AvgIpc) is 2.95. The molecule has 1 fully saturated rings. The molecule has 0 N–H and O–H groups in total. The Labute approximate surface area is 99.0 Å². The molecule has 0 radical (unpaired) electrons. The van der Waals surface area contributed by atoms with Gasteiger partial charge in [0.15, 0.2) is 5.69 Å². The summed E-state index contributed by atoms with van der Waals surface area (Å²) in [6.07, 6.45) is 2.55. The van der Waals surface area contributed by atoms with Gasteiger partial charge in [-0.05, 0) is 25.2 Å². The van der Waals surface area contributed by atoms with Crippen molar-refractivity contribution in [2.75, 3.05) is 6.61 Å². The molecular weight excluding hydrogens is 228 g/mol. The zero-order valence-corrected chi connectivity index (χ0v) is 9.99. The first-order valence-electron chi connectivity index (χ1n) is 5.24. The molecule has 0 aromatic carbocycles. The Bertz CT molecular complexity index is 422. The molecule has 0 unspecified atom stereocenters. The summed E-state index contributed by atoms with van der Waals surface area (Å²) in [7, 11) is 0. The maximum Gasteiger partial charge on any atom is 0.358 e. The van der Waals surface area contributed by atoms with E-state index in [4.69, 9.17) is 16.3 Å². The van der Waals surface area contributed by atoms with E-state index in [1.165, 1.54) is 6.20 Å². The molecule has 0 aliphatic heterocycles. The van der Waals surface area contributed by atoms with Gasteiger partial charge in [-0.15, -0.1) is 0 Å². The van der Waals surface area contributed by atoms with Crippen molar-refractivity contribution in [3.63, 3.8) is 0 Å². The Morgan fingerprint density at radius 3 is 3.00 bits per heavy atom. The lowest BCUT2D eigenvalue weighted by Crippen LogP contribution is -2.11. The summed E-state index contributed by atoms with van der Waals surface area (Å²) in [6.45, 7) is 4.30. The highest BCUT2D eigenvalue weighted by Gasteiger charge is 2.33. The maximum atomic E-state index is 11.7. The number of ether oxygens (including phenoxy) is 1. The van der Waals surface area contributed by atoms with Gasteiger partial charge < -0.3 is 4.74 Å². The minimum Gasteiger partial charge on any atom is -0.461 e. The third-order valence-electron chi connectivity index (χ3n) is 2.76. The van der Waals surface area contributed by atoms with Crippen LogP contribution in [0.25, 0.3) is 0 Å². The number of carbonyl (C=O) groups excluding carboxylic acids is 1. The Balaban J connectivity index is 1.99. The van der Waals surface area contributed by atoms with Gasteiger partial charge in [-0.3, -0.25) is 0 Å². The van der Waals surface area contributed by atoms with Crippen molar-refractivity contribution >= 4 is 17.6 Å².